The third-order valence-electron chi connectivity index (χ3n) is 2.45. The number of ether oxygens (including phenoxy) is 1. The van der Waals surface area contributed by atoms with Gasteiger partial charge in [0.2, 0.25) is 0 Å². The van der Waals surface area contributed by atoms with E-state index in [2.05, 4.69) is 4.98 Å². The fourth-order valence-electron chi connectivity index (χ4n) is 1.52. The Bertz CT molecular complexity index is 652. The van der Waals surface area contributed by atoms with Crippen LogP contribution in [0.5, 0.6) is 5.75 Å². The van der Waals surface area contributed by atoms with Crippen LogP contribution in [0.15, 0.2) is 27.8 Å². The van der Waals surface area contributed by atoms with Crippen LogP contribution in [0.25, 0.3) is 11.1 Å². The number of rotatable bonds is 6. The van der Waals surface area contributed by atoms with Crippen molar-refractivity contribution in [1.29, 1.82) is 0 Å². The van der Waals surface area contributed by atoms with Crippen LogP contribution in [0.2, 0.25) is 0 Å². The van der Waals surface area contributed by atoms with Gasteiger partial charge in [0.05, 0.1) is 13.5 Å². The van der Waals surface area contributed by atoms with Crippen molar-refractivity contribution in [3.8, 4) is 5.75 Å². The summed E-state index contributed by atoms with van der Waals surface area (Å²) >= 11 is 0.765. The highest BCUT2D eigenvalue weighted by atomic mass is 32.2. The molecule has 7 nitrogen and oxygen atoms in total. The highest BCUT2D eigenvalue weighted by Gasteiger charge is 2.25. The van der Waals surface area contributed by atoms with Crippen molar-refractivity contribution in [2.45, 2.75) is 16.9 Å². The number of methoxy groups -OCH3 is 1. The molecule has 1 unspecified atom stereocenters. The number of hydrogen-bond donors (Lipinski definition) is 2. The van der Waals surface area contributed by atoms with Crippen molar-refractivity contribution in [2.75, 3.05) is 7.11 Å². The van der Waals surface area contributed by atoms with Gasteiger partial charge in [-0.05, 0) is 12.1 Å². The number of oxazole rings is 1. The summed E-state index contributed by atoms with van der Waals surface area (Å²) in [5.41, 5.74) is 0.999. The summed E-state index contributed by atoms with van der Waals surface area (Å²) < 4.78 is 10.4. The molecule has 0 aliphatic heterocycles. The summed E-state index contributed by atoms with van der Waals surface area (Å²) in [5.74, 6) is -1.83. The quantitative estimate of drug-likeness (QED) is 0.777. The zero-order valence-electron chi connectivity index (χ0n) is 10.4. The van der Waals surface area contributed by atoms with Gasteiger partial charge in [-0.25, -0.2) is 4.98 Å². The third kappa shape index (κ3) is 3.21. The maximum atomic E-state index is 11.0. The minimum Gasteiger partial charge on any atom is -0.497 e. The topological polar surface area (TPSA) is 110 Å². The van der Waals surface area contributed by atoms with Crippen molar-refractivity contribution in [3.63, 3.8) is 0 Å². The Kier molecular flexibility index (Phi) is 4.14. The normalized spacial score (nSPS) is 12.2. The van der Waals surface area contributed by atoms with Crippen LogP contribution in [-0.2, 0) is 9.59 Å². The summed E-state index contributed by atoms with van der Waals surface area (Å²) in [6.07, 6.45) is -0.512. The molecule has 1 atom stereocenters. The average molecular weight is 297 g/mol. The van der Waals surface area contributed by atoms with E-state index in [4.69, 9.17) is 19.4 Å². The molecule has 1 aromatic carbocycles. The first-order valence-electron chi connectivity index (χ1n) is 5.55. The number of hydrogen-bond acceptors (Lipinski definition) is 6. The van der Waals surface area contributed by atoms with E-state index in [9.17, 15) is 9.59 Å². The van der Waals surface area contributed by atoms with E-state index in [1.165, 1.54) is 7.11 Å². The van der Waals surface area contributed by atoms with Gasteiger partial charge < -0.3 is 19.4 Å². The Hall–Kier alpha value is -2.22. The van der Waals surface area contributed by atoms with Gasteiger partial charge in [0.25, 0.3) is 5.22 Å². The fraction of sp³-hybridized carbons (Fsp3) is 0.250. The lowest BCUT2D eigenvalue weighted by molar-refractivity contribution is -0.142. The maximum Gasteiger partial charge on any atom is 0.317 e. The second-order valence-corrected chi connectivity index (χ2v) is 5.01. The Morgan fingerprint density at radius 2 is 2.20 bits per heavy atom. The first kappa shape index (κ1) is 14.2. The molecule has 0 bridgehead atoms. The Morgan fingerprint density at radius 3 is 2.80 bits per heavy atom. The number of aromatic nitrogens is 1. The van der Waals surface area contributed by atoms with E-state index in [0.29, 0.717) is 16.8 Å². The Balaban J connectivity index is 2.23. The van der Waals surface area contributed by atoms with E-state index in [-0.39, 0.29) is 5.22 Å². The van der Waals surface area contributed by atoms with Crippen molar-refractivity contribution in [3.05, 3.63) is 18.2 Å². The summed E-state index contributed by atoms with van der Waals surface area (Å²) in [6.45, 7) is 0. The van der Waals surface area contributed by atoms with Gasteiger partial charge in [0.15, 0.2) is 5.58 Å². The van der Waals surface area contributed by atoms with Gasteiger partial charge >= 0.3 is 11.9 Å². The van der Waals surface area contributed by atoms with Gasteiger partial charge in [0, 0.05) is 6.07 Å². The number of nitrogens with zero attached hydrogens (tertiary/aromatic N) is 1. The van der Waals surface area contributed by atoms with E-state index >= 15 is 0 Å². The monoisotopic (exact) mass is 297 g/mol. The molecule has 0 saturated carbocycles. The summed E-state index contributed by atoms with van der Waals surface area (Å²) in [5, 5.41) is 16.6. The van der Waals surface area contributed by atoms with Crippen LogP contribution < -0.4 is 4.74 Å². The van der Waals surface area contributed by atoms with Crippen LogP contribution in [0, 0.1) is 0 Å². The first-order chi connectivity index (χ1) is 9.49. The van der Waals surface area contributed by atoms with E-state index in [1.54, 1.807) is 18.2 Å². The van der Waals surface area contributed by atoms with Gasteiger partial charge in [-0.2, -0.15) is 0 Å². The summed E-state index contributed by atoms with van der Waals surface area (Å²) in [7, 11) is 1.51. The first-order valence-corrected chi connectivity index (χ1v) is 6.43. The highest BCUT2D eigenvalue weighted by Crippen LogP contribution is 2.30. The van der Waals surface area contributed by atoms with E-state index < -0.39 is 23.6 Å². The number of carboxylic acids is 2. The van der Waals surface area contributed by atoms with Gasteiger partial charge in [-0.15, -0.1) is 0 Å². The molecule has 0 aliphatic rings. The van der Waals surface area contributed by atoms with Crippen LogP contribution in [0.4, 0.5) is 0 Å². The molecule has 2 aromatic rings. The van der Waals surface area contributed by atoms with Crippen molar-refractivity contribution in [2.24, 2.45) is 0 Å². The molecular formula is C12H11NO6S. The number of fused-ring (bicyclic) bond motifs is 1. The van der Waals surface area contributed by atoms with Crippen molar-refractivity contribution in [1.82, 2.24) is 4.98 Å². The smallest absolute Gasteiger partial charge is 0.317 e. The summed E-state index contributed by atoms with van der Waals surface area (Å²) in [6, 6.07) is 5.00. The standard InChI is InChI=1S/C12H11NO6S/c1-18-6-2-3-7-8(4-6)19-12(13-7)20-9(11(16)17)5-10(14)15/h2-4,9H,5H2,1H3,(H,14,15)(H,16,17). The van der Waals surface area contributed by atoms with Gasteiger partial charge in [0.1, 0.15) is 16.5 Å². The highest BCUT2D eigenvalue weighted by molar-refractivity contribution is 8.00. The lowest BCUT2D eigenvalue weighted by atomic mass is 10.3. The van der Waals surface area contributed by atoms with E-state index in [1.807, 2.05) is 0 Å². The van der Waals surface area contributed by atoms with Crippen molar-refractivity contribution < 1.29 is 29.0 Å². The minimum absolute atomic E-state index is 0.113. The fourth-order valence-corrected chi connectivity index (χ4v) is 2.38. The number of carbonyl (C=O) groups is 2. The Labute approximate surface area is 117 Å². The molecule has 0 aliphatic carbocycles. The maximum absolute atomic E-state index is 11.0. The minimum atomic E-state index is -1.22. The molecule has 0 saturated heterocycles. The molecule has 106 valence electrons. The molecule has 1 heterocycles. The van der Waals surface area contributed by atoms with Gasteiger partial charge in [-0.1, -0.05) is 11.8 Å². The van der Waals surface area contributed by atoms with E-state index in [0.717, 1.165) is 11.8 Å². The predicted octanol–water partition coefficient (Wildman–Crippen LogP) is 1.86. The average Bonchev–Trinajstić information content (AvgIpc) is 2.78. The van der Waals surface area contributed by atoms with Gasteiger partial charge in [-0.3, -0.25) is 9.59 Å². The molecule has 0 fully saturated rings. The SMILES string of the molecule is COc1ccc2nc(SC(CC(=O)O)C(=O)O)oc2c1. The molecule has 2 N–H and O–H groups in total. The molecule has 0 radical (unpaired) electrons. The van der Waals surface area contributed by atoms with Crippen molar-refractivity contribution >= 4 is 34.8 Å². The largest absolute Gasteiger partial charge is 0.497 e. The van der Waals surface area contributed by atoms with Crippen LogP contribution in [0.1, 0.15) is 6.42 Å². The number of thioether (sulfide) groups is 1. The molecule has 2 rings (SSSR count). The third-order valence-corrected chi connectivity index (χ3v) is 3.48. The number of carboxylic acid groups (broad SMARTS) is 2. The molecular weight excluding hydrogens is 286 g/mol. The molecule has 0 amide bonds. The number of benzene rings is 1. The second kappa shape index (κ2) is 5.83. The summed E-state index contributed by atoms with van der Waals surface area (Å²) in [4.78, 5) is 25.7. The predicted molar refractivity (Wildman–Crippen MR) is 70.1 cm³/mol. The second-order valence-electron chi connectivity index (χ2n) is 3.86. The zero-order valence-corrected chi connectivity index (χ0v) is 11.2. The zero-order chi connectivity index (χ0) is 14.7. The molecule has 1 aromatic heterocycles. The Morgan fingerprint density at radius 1 is 1.45 bits per heavy atom. The lowest BCUT2D eigenvalue weighted by Crippen LogP contribution is -2.20. The van der Waals surface area contributed by atoms with Crippen LogP contribution in [-0.4, -0.2) is 39.5 Å². The van der Waals surface area contributed by atoms with Crippen LogP contribution in [0.3, 0.4) is 0 Å². The molecule has 8 heteroatoms. The molecule has 0 spiro atoms. The lowest BCUT2D eigenvalue weighted by Gasteiger charge is -2.05. The van der Waals surface area contributed by atoms with Crippen LogP contribution >= 0.6 is 11.8 Å². The number of aliphatic carboxylic acids is 2. The molecule has 20 heavy (non-hydrogen) atoms.